The van der Waals surface area contributed by atoms with Crippen molar-refractivity contribution in [2.24, 2.45) is 0 Å². The molecule has 0 fully saturated rings. The number of aromatic nitrogens is 1. The summed E-state index contributed by atoms with van der Waals surface area (Å²) in [6.07, 6.45) is 0. The van der Waals surface area contributed by atoms with E-state index in [9.17, 15) is 0 Å². The Balaban J connectivity index is 2.77. The number of anilines is 1. The lowest BCUT2D eigenvalue weighted by Gasteiger charge is -2.21. The molecule has 0 amide bonds. The molecule has 3 heteroatoms. The lowest BCUT2D eigenvalue weighted by Crippen LogP contribution is -2.26. The molecule has 66 valence electrons. The van der Waals surface area contributed by atoms with Crippen molar-refractivity contribution in [1.82, 2.24) is 4.98 Å². The number of pyridine rings is 1. The largest absolute Gasteiger partial charge is 0.365 e. The van der Waals surface area contributed by atoms with Crippen LogP contribution in [-0.4, -0.2) is 10.5 Å². The molecule has 1 aromatic heterocycles. The van der Waals surface area contributed by atoms with Gasteiger partial charge in [0.2, 0.25) is 0 Å². The first-order valence-electron chi connectivity index (χ1n) is 3.88. The lowest BCUT2D eigenvalue weighted by atomic mass is 10.1. The molecule has 0 aliphatic heterocycles. The smallest absolute Gasteiger partial charge is 0.131 e. The topological polar surface area (TPSA) is 24.9 Å². The van der Waals surface area contributed by atoms with E-state index < -0.39 is 0 Å². The van der Waals surface area contributed by atoms with Crippen LogP contribution in [0.1, 0.15) is 20.8 Å². The molecular formula is C9H13ClN2. The Morgan fingerprint density at radius 2 is 2.00 bits per heavy atom. The highest BCUT2D eigenvalue weighted by Crippen LogP contribution is 2.14. The normalized spacial score (nSPS) is 11.3. The summed E-state index contributed by atoms with van der Waals surface area (Å²) in [5, 5.41) is 3.74. The van der Waals surface area contributed by atoms with Gasteiger partial charge in [0.15, 0.2) is 0 Å². The van der Waals surface area contributed by atoms with Crippen molar-refractivity contribution in [3.05, 3.63) is 23.4 Å². The van der Waals surface area contributed by atoms with E-state index in [1.807, 2.05) is 12.1 Å². The molecule has 0 saturated heterocycles. The van der Waals surface area contributed by atoms with Crippen molar-refractivity contribution < 1.29 is 0 Å². The van der Waals surface area contributed by atoms with E-state index in [1.165, 1.54) is 0 Å². The molecule has 0 spiro atoms. The average molecular weight is 185 g/mol. The quantitative estimate of drug-likeness (QED) is 0.679. The summed E-state index contributed by atoms with van der Waals surface area (Å²) < 4.78 is 0. The number of nitrogens with zero attached hydrogens (tertiary/aromatic N) is 1. The molecule has 0 aliphatic rings. The molecule has 0 radical (unpaired) electrons. The van der Waals surface area contributed by atoms with Crippen LogP contribution in [-0.2, 0) is 0 Å². The second-order valence-corrected chi connectivity index (χ2v) is 4.11. The van der Waals surface area contributed by atoms with Gasteiger partial charge in [0.05, 0.1) is 0 Å². The molecule has 0 bridgehead atoms. The molecule has 0 saturated carbocycles. The summed E-state index contributed by atoms with van der Waals surface area (Å²) in [4.78, 5) is 4.11. The van der Waals surface area contributed by atoms with Crippen LogP contribution >= 0.6 is 11.6 Å². The summed E-state index contributed by atoms with van der Waals surface area (Å²) in [6, 6.07) is 5.54. The van der Waals surface area contributed by atoms with E-state index in [1.54, 1.807) is 6.07 Å². The van der Waals surface area contributed by atoms with Crippen molar-refractivity contribution >= 4 is 17.4 Å². The van der Waals surface area contributed by atoms with Gasteiger partial charge >= 0.3 is 0 Å². The Kier molecular flexibility index (Phi) is 2.58. The van der Waals surface area contributed by atoms with Crippen LogP contribution < -0.4 is 5.32 Å². The average Bonchev–Trinajstić information content (AvgIpc) is 1.82. The first-order valence-corrected chi connectivity index (χ1v) is 4.26. The third-order valence-corrected chi connectivity index (χ3v) is 1.43. The number of rotatable bonds is 1. The van der Waals surface area contributed by atoms with Gasteiger partial charge in [-0.1, -0.05) is 17.7 Å². The second kappa shape index (κ2) is 3.31. The first kappa shape index (κ1) is 9.33. The fourth-order valence-electron chi connectivity index (χ4n) is 0.862. The number of nitrogens with one attached hydrogen (secondary N) is 1. The summed E-state index contributed by atoms with van der Waals surface area (Å²) in [5.74, 6) is 0.815. The molecular weight excluding hydrogens is 172 g/mol. The highest BCUT2D eigenvalue weighted by molar-refractivity contribution is 6.29. The van der Waals surface area contributed by atoms with Crippen LogP contribution in [0.15, 0.2) is 18.2 Å². The maximum Gasteiger partial charge on any atom is 0.131 e. The summed E-state index contributed by atoms with van der Waals surface area (Å²) >= 11 is 5.72. The number of hydrogen-bond acceptors (Lipinski definition) is 2. The Hall–Kier alpha value is -0.760. The van der Waals surface area contributed by atoms with Crippen LogP contribution in [0.4, 0.5) is 5.82 Å². The fraction of sp³-hybridized carbons (Fsp3) is 0.444. The van der Waals surface area contributed by atoms with E-state index in [-0.39, 0.29) is 5.54 Å². The Morgan fingerprint density at radius 1 is 1.33 bits per heavy atom. The molecule has 0 unspecified atom stereocenters. The van der Waals surface area contributed by atoms with Crippen molar-refractivity contribution in [3.63, 3.8) is 0 Å². The Bertz CT molecular complexity index is 265. The highest BCUT2D eigenvalue weighted by Gasteiger charge is 2.09. The lowest BCUT2D eigenvalue weighted by molar-refractivity contribution is 0.630. The van der Waals surface area contributed by atoms with E-state index in [0.29, 0.717) is 5.15 Å². The molecule has 2 nitrogen and oxygen atoms in total. The molecule has 12 heavy (non-hydrogen) atoms. The van der Waals surface area contributed by atoms with Crippen LogP contribution in [0, 0.1) is 0 Å². The molecule has 1 rings (SSSR count). The maximum absolute atomic E-state index is 5.72. The van der Waals surface area contributed by atoms with Gasteiger partial charge in [0.25, 0.3) is 0 Å². The van der Waals surface area contributed by atoms with Crippen molar-refractivity contribution in [3.8, 4) is 0 Å². The van der Waals surface area contributed by atoms with Crippen molar-refractivity contribution in [1.29, 1.82) is 0 Å². The van der Waals surface area contributed by atoms with E-state index >= 15 is 0 Å². The zero-order valence-corrected chi connectivity index (χ0v) is 8.31. The summed E-state index contributed by atoms with van der Waals surface area (Å²) in [6.45, 7) is 6.24. The van der Waals surface area contributed by atoms with E-state index in [0.717, 1.165) is 5.82 Å². The molecule has 0 aliphatic carbocycles. The number of hydrogen-bond donors (Lipinski definition) is 1. The molecule has 0 atom stereocenters. The molecule has 1 heterocycles. The molecule has 1 aromatic rings. The van der Waals surface area contributed by atoms with Crippen molar-refractivity contribution in [2.45, 2.75) is 26.3 Å². The minimum Gasteiger partial charge on any atom is -0.365 e. The zero-order chi connectivity index (χ0) is 9.19. The van der Waals surface area contributed by atoms with E-state index in [4.69, 9.17) is 11.6 Å². The van der Waals surface area contributed by atoms with Crippen LogP contribution in [0.5, 0.6) is 0 Å². The van der Waals surface area contributed by atoms with Crippen LogP contribution in [0.3, 0.4) is 0 Å². The number of halogens is 1. The van der Waals surface area contributed by atoms with Gasteiger partial charge < -0.3 is 5.32 Å². The zero-order valence-electron chi connectivity index (χ0n) is 7.56. The summed E-state index contributed by atoms with van der Waals surface area (Å²) in [7, 11) is 0. The van der Waals surface area contributed by atoms with E-state index in [2.05, 4.69) is 31.1 Å². The van der Waals surface area contributed by atoms with Gasteiger partial charge in [-0.2, -0.15) is 0 Å². The highest BCUT2D eigenvalue weighted by atomic mass is 35.5. The standard InChI is InChI=1S/C9H13ClN2/c1-9(2,3)12-8-6-4-5-7(10)11-8/h4-6H,1-3H3,(H,11,12). The van der Waals surface area contributed by atoms with Crippen LogP contribution in [0.2, 0.25) is 5.15 Å². The molecule has 0 aromatic carbocycles. The van der Waals surface area contributed by atoms with Gasteiger partial charge in [-0.15, -0.1) is 0 Å². The van der Waals surface area contributed by atoms with Gasteiger partial charge in [-0.05, 0) is 32.9 Å². The fourth-order valence-corrected chi connectivity index (χ4v) is 1.03. The third-order valence-electron chi connectivity index (χ3n) is 1.22. The Labute approximate surface area is 78.0 Å². The SMILES string of the molecule is CC(C)(C)Nc1cccc(Cl)n1. The predicted octanol–water partition coefficient (Wildman–Crippen LogP) is 2.95. The predicted molar refractivity (Wildman–Crippen MR) is 52.6 cm³/mol. The molecule has 1 N–H and O–H groups in total. The first-order chi connectivity index (χ1) is 5.47. The van der Waals surface area contributed by atoms with Crippen LogP contribution in [0.25, 0.3) is 0 Å². The van der Waals surface area contributed by atoms with Gasteiger partial charge in [-0.25, -0.2) is 4.98 Å². The second-order valence-electron chi connectivity index (χ2n) is 3.72. The Morgan fingerprint density at radius 3 is 2.50 bits per heavy atom. The minimum atomic E-state index is 0.0255. The van der Waals surface area contributed by atoms with Crippen molar-refractivity contribution in [2.75, 3.05) is 5.32 Å². The van der Waals surface area contributed by atoms with Gasteiger partial charge in [0.1, 0.15) is 11.0 Å². The summed E-state index contributed by atoms with van der Waals surface area (Å²) in [5.41, 5.74) is 0.0255. The monoisotopic (exact) mass is 184 g/mol. The van der Waals surface area contributed by atoms with Gasteiger partial charge in [-0.3, -0.25) is 0 Å². The third kappa shape index (κ3) is 3.09. The van der Waals surface area contributed by atoms with Gasteiger partial charge in [0, 0.05) is 5.54 Å². The maximum atomic E-state index is 5.72. The minimum absolute atomic E-state index is 0.0255.